The normalized spacial score (nSPS) is 31.0. The molecule has 0 bridgehead atoms. The zero-order valence-electron chi connectivity index (χ0n) is 8.08. The number of nitrogens with one attached hydrogen (secondary N) is 1. The Labute approximate surface area is 74.8 Å². The summed E-state index contributed by atoms with van der Waals surface area (Å²) in [5, 5.41) is 12.2. The van der Waals surface area contributed by atoms with Gasteiger partial charge in [-0.25, -0.2) is 0 Å². The first kappa shape index (κ1) is 9.96. The molecule has 0 spiro atoms. The van der Waals surface area contributed by atoms with Gasteiger partial charge in [0.15, 0.2) is 0 Å². The molecule has 1 rings (SSSR count). The molecule has 0 aromatic carbocycles. The highest BCUT2D eigenvalue weighted by Gasteiger charge is 2.23. The summed E-state index contributed by atoms with van der Waals surface area (Å²) >= 11 is 0. The quantitative estimate of drug-likeness (QED) is 0.631. The Morgan fingerprint density at radius 3 is 2.92 bits per heavy atom. The third kappa shape index (κ3) is 2.44. The SMILES string of the molecule is CC1NCCCC1N(C)CCO. The van der Waals surface area contributed by atoms with Crippen molar-refractivity contribution < 1.29 is 5.11 Å². The Bertz CT molecular complexity index is 130. The molecule has 1 saturated heterocycles. The molecule has 0 aromatic heterocycles. The van der Waals surface area contributed by atoms with Gasteiger partial charge in [-0.2, -0.15) is 0 Å². The first-order valence-electron chi connectivity index (χ1n) is 4.80. The molecule has 72 valence electrons. The van der Waals surface area contributed by atoms with E-state index in [2.05, 4.69) is 24.2 Å². The number of piperidine rings is 1. The fraction of sp³-hybridized carbons (Fsp3) is 1.00. The van der Waals surface area contributed by atoms with Crippen LogP contribution in [0.5, 0.6) is 0 Å². The molecule has 1 fully saturated rings. The lowest BCUT2D eigenvalue weighted by atomic mass is 9.99. The third-order valence-electron chi connectivity index (χ3n) is 2.74. The van der Waals surface area contributed by atoms with E-state index in [1.165, 1.54) is 12.8 Å². The second-order valence-electron chi connectivity index (χ2n) is 3.66. The maximum atomic E-state index is 8.79. The highest BCUT2D eigenvalue weighted by Crippen LogP contribution is 2.13. The molecule has 12 heavy (non-hydrogen) atoms. The van der Waals surface area contributed by atoms with Crippen LogP contribution >= 0.6 is 0 Å². The van der Waals surface area contributed by atoms with E-state index in [-0.39, 0.29) is 6.61 Å². The van der Waals surface area contributed by atoms with Crippen molar-refractivity contribution >= 4 is 0 Å². The minimum Gasteiger partial charge on any atom is -0.395 e. The van der Waals surface area contributed by atoms with Gasteiger partial charge in [-0.15, -0.1) is 0 Å². The molecule has 1 aliphatic heterocycles. The lowest BCUT2D eigenvalue weighted by Crippen LogP contribution is -2.51. The fourth-order valence-electron chi connectivity index (χ4n) is 1.95. The topological polar surface area (TPSA) is 35.5 Å². The highest BCUT2D eigenvalue weighted by atomic mass is 16.3. The average Bonchev–Trinajstić information content (AvgIpc) is 2.05. The van der Waals surface area contributed by atoms with Crippen LogP contribution in [0.25, 0.3) is 0 Å². The van der Waals surface area contributed by atoms with Crippen molar-refractivity contribution in [2.24, 2.45) is 0 Å². The van der Waals surface area contributed by atoms with E-state index < -0.39 is 0 Å². The van der Waals surface area contributed by atoms with Crippen LogP contribution in [-0.4, -0.2) is 48.8 Å². The lowest BCUT2D eigenvalue weighted by Gasteiger charge is -2.36. The van der Waals surface area contributed by atoms with Gasteiger partial charge < -0.3 is 10.4 Å². The molecule has 1 aliphatic rings. The van der Waals surface area contributed by atoms with Gasteiger partial charge in [0.2, 0.25) is 0 Å². The fourth-order valence-corrected chi connectivity index (χ4v) is 1.95. The highest BCUT2D eigenvalue weighted by molar-refractivity contribution is 4.83. The molecule has 3 heteroatoms. The Hall–Kier alpha value is -0.120. The monoisotopic (exact) mass is 172 g/mol. The molecule has 0 radical (unpaired) electrons. The largest absolute Gasteiger partial charge is 0.395 e. The van der Waals surface area contributed by atoms with Gasteiger partial charge >= 0.3 is 0 Å². The standard InChI is InChI=1S/C9H20N2O/c1-8-9(4-3-5-10-8)11(2)6-7-12/h8-10,12H,3-7H2,1-2H3. The minimum atomic E-state index is 0.264. The molecule has 0 saturated carbocycles. The smallest absolute Gasteiger partial charge is 0.0558 e. The second-order valence-corrected chi connectivity index (χ2v) is 3.66. The summed E-state index contributed by atoms with van der Waals surface area (Å²) in [6, 6.07) is 1.17. The summed E-state index contributed by atoms with van der Waals surface area (Å²) in [5.74, 6) is 0. The summed E-state index contributed by atoms with van der Waals surface area (Å²) < 4.78 is 0. The number of nitrogens with zero attached hydrogens (tertiary/aromatic N) is 1. The molecule has 1 heterocycles. The van der Waals surface area contributed by atoms with Crippen molar-refractivity contribution in [1.29, 1.82) is 0 Å². The van der Waals surface area contributed by atoms with Crippen LogP contribution in [0, 0.1) is 0 Å². The predicted octanol–water partition coefficient (Wildman–Crippen LogP) is 0.0510. The van der Waals surface area contributed by atoms with Gasteiger partial charge in [-0.3, -0.25) is 4.90 Å². The maximum absolute atomic E-state index is 8.79. The zero-order chi connectivity index (χ0) is 8.97. The van der Waals surface area contributed by atoms with E-state index in [1.54, 1.807) is 0 Å². The van der Waals surface area contributed by atoms with Crippen molar-refractivity contribution in [3.63, 3.8) is 0 Å². The van der Waals surface area contributed by atoms with Crippen molar-refractivity contribution in [3.05, 3.63) is 0 Å². The van der Waals surface area contributed by atoms with E-state index >= 15 is 0 Å². The molecule has 3 nitrogen and oxygen atoms in total. The van der Waals surface area contributed by atoms with Crippen molar-refractivity contribution in [3.8, 4) is 0 Å². The van der Waals surface area contributed by atoms with Crippen molar-refractivity contribution in [1.82, 2.24) is 10.2 Å². The first-order chi connectivity index (χ1) is 5.75. The van der Waals surface area contributed by atoms with Gasteiger partial charge in [0.05, 0.1) is 6.61 Å². The predicted molar refractivity (Wildman–Crippen MR) is 50.2 cm³/mol. The van der Waals surface area contributed by atoms with Gasteiger partial charge in [0.25, 0.3) is 0 Å². The molecule has 2 N–H and O–H groups in total. The average molecular weight is 172 g/mol. The van der Waals surface area contributed by atoms with Crippen LogP contribution < -0.4 is 5.32 Å². The first-order valence-corrected chi connectivity index (χ1v) is 4.80. The number of hydrogen-bond donors (Lipinski definition) is 2. The summed E-state index contributed by atoms with van der Waals surface area (Å²) in [7, 11) is 2.09. The van der Waals surface area contributed by atoms with E-state index in [0.717, 1.165) is 13.1 Å². The summed E-state index contributed by atoms with van der Waals surface area (Å²) in [5.41, 5.74) is 0. The molecular formula is C9H20N2O. The van der Waals surface area contributed by atoms with E-state index in [1.807, 2.05) is 0 Å². The molecule has 0 amide bonds. The van der Waals surface area contributed by atoms with Crippen LogP contribution in [0.3, 0.4) is 0 Å². The van der Waals surface area contributed by atoms with E-state index in [0.29, 0.717) is 12.1 Å². The lowest BCUT2D eigenvalue weighted by molar-refractivity contribution is 0.134. The van der Waals surface area contributed by atoms with Gasteiger partial charge in [-0.1, -0.05) is 0 Å². The second kappa shape index (κ2) is 4.80. The zero-order valence-corrected chi connectivity index (χ0v) is 8.08. The molecule has 0 aromatic rings. The van der Waals surface area contributed by atoms with E-state index in [9.17, 15) is 0 Å². The summed E-state index contributed by atoms with van der Waals surface area (Å²) in [6.07, 6.45) is 2.51. The number of aliphatic hydroxyl groups excluding tert-OH is 1. The van der Waals surface area contributed by atoms with Crippen LogP contribution in [0.1, 0.15) is 19.8 Å². The van der Waals surface area contributed by atoms with Crippen LogP contribution in [0.2, 0.25) is 0 Å². The Kier molecular flexibility index (Phi) is 3.98. The van der Waals surface area contributed by atoms with Crippen LogP contribution in [-0.2, 0) is 0 Å². The third-order valence-corrected chi connectivity index (χ3v) is 2.74. The molecule has 0 aliphatic carbocycles. The van der Waals surface area contributed by atoms with Crippen LogP contribution in [0.15, 0.2) is 0 Å². The summed E-state index contributed by atoms with van der Waals surface area (Å²) in [4.78, 5) is 2.25. The number of rotatable bonds is 3. The molecular weight excluding hydrogens is 152 g/mol. The molecule has 2 unspecified atom stereocenters. The van der Waals surface area contributed by atoms with Gasteiger partial charge in [0, 0.05) is 18.6 Å². The molecule has 2 atom stereocenters. The number of aliphatic hydroxyl groups is 1. The maximum Gasteiger partial charge on any atom is 0.0558 e. The summed E-state index contributed by atoms with van der Waals surface area (Å²) in [6.45, 7) is 4.42. The number of likely N-dealkylation sites (N-methyl/N-ethyl adjacent to an activating group) is 1. The van der Waals surface area contributed by atoms with Gasteiger partial charge in [-0.05, 0) is 33.4 Å². The van der Waals surface area contributed by atoms with E-state index in [4.69, 9.17) is 5.11 Å². The number of hydrogen-bond acceptors (Lipinski definition) is 3. The Morgan fingerprint density at radius 2 is 2.33 bits per heavy atom. The Morgan fingerprint density at radius 1 is 1.58 bits per heavy atom. The van der Waals surface area contributed by atoms with Gasteiger partial charge in [0.1, 0.15) is 0 Å². The van der Waals surface area contributed by atoms with Crippen molar-refractivity contribution in [2.45, 2.75) is 31.8 Å². The van der Waals surface area contributed by atoms with Crippen LogP contribution in [0.4, 0.5) is 0 Å². The minimum absolute atomic E-state index is 0.264. The Balaban J connectivity index is 2.36. The van der Waals surface area contributed by atoms with Crippen molar-refractivity contribution in [2.75, 3.05) is 26.7 Å².